The van der Waals surface area contributed by atoms with E-state index in [2.05, 4.69) is 11.4 Å². The topological polar surface area (TPSA) is 78.9 Å². The van der Waals surface area contributed by atoms with Gasteiger partial charge in [0, 0.05) is 6.54 Å². The molecule has 0 radical (unpaired) electrons. The largest absolute Gasteiger partial charge is 0.353 e. The maximum atomic E-state index is 12.5. The molecule has 0 aromatic carbocycles. The molecular weight excluding hydrogens is 250 g/mol. The minimum absolute atomic E-state index is 0.00151. The van der Waals surface area contributed by atoms with Crippen LogP contribution in [0.15, 0.2) is 0 Å². The van der Waals surface area contributed by atoms with E-state index in [9.17, 15) is 4.79 Å². The number of nitriles is 1. The Morgan fingerprint density at radius 3 is 2.25 bits per heavy atom. The Kier molecular flexibility index (Phi) is 3.29. The van der Waals surface area contributed by atoms with Crippen LogP contribution in [0.1, 0.15) is 51.9 Å². The monoisotopic (exact) mass is 275 g/mol. The highest BCUT2D eigenvalue weighted by Crippen LogP contribution is 2.63. The van der Waals surface area contributed by atoms with Crippen molar-refractivity contribution in [2.45, 2.75) is 57.4 Å². The molecule has 0 aromatic rings. The lowest BCUT2D eigenvalue weighted by Gasteiger charge is -2.61. The summed E-state index contributed by atoms with van der Waals surface area (Å²) >= 11 is 0. The molecule has 0 aromatic heterocycles. The zero-order chi connectivity index (χ0) is 14.4. The number of carbonyl (C=O) groups is 1. The first-order valence-corrected chi connectivity index (χ1v) is 7.91. The molecule has 4 rings (SSSR count). The Labute approximate surface area is 121 Å². The molecule has 0 saturated heterocycles. The van der Waals surface area contributed by atoms with Gasteiger partial charge in [-0.1, -0.05) is 0 Å². The summed E-state index contributed by atoms with van der Waals surface area (Å²) in [5.74, 6) is 2.30. The van der Waals surface area contributed by atoms with E-state index in [0.717, 1.165) is 37.0 Å². The first kappa shape index (κ1) is 13.9. The van der Waals surface area contributed by atoms with Gasteiger partial charge in [-0.15, -0.1) is 0 Å². The first-order valence-electron chi connectivity index (χ1n) is 7.91. The maximum absolute atomic E-state index is 12.5. The van der Waals surface area contributed by atoms with Crippen molar-refractivity contribution in [3.63, 3.8) is 0 Å². The maximum Gasteiger partial charge on any atom is 0.240 e. The van der Waals surface area contributed by atoms with Gasteiger partial charge < -0.3 is 11.1 Å². The Balaban J connectivity index is 1.76. The van der Waals surface area contributed by atoms with Crippen LogP contribution in [0.3, 0.4) is 0 Å². The van der Waals surface area contributed by atoms with Crippen LogP contribution in [0.2, 0.25) is 0 Å². The number of hydrogen-bond acceptors (Lipinski definition) is 3. The molecule has 0 heterocycles. The third kappa shape index (κ3) is 2.03. The van der Waals surface area contributed by atoms with E-state index in [-0.39, 0.29) is 11.3 Å². The van der Waals surface area contributed by atoms with Crippen molar-refractivity contribution in [1.29, 1.82) is 5.26 Å². The average Bonchev–Trinajstić information content (AvgIpc) is 2.37. The highest BCUT2D eigenvalue weighted by molar-refractivity contribution is 5.86. The number of nitrogens with zero attached hydrogens (tertiary/aromatic N) is 1. The number of nitrogens with two attached hydrogens (primary N) is 1. The van der Waals surface area contributed by atoms with Crippen molar-refractivity contribution in [1.82, 2.24) is 5.32 Å². The lowest BCUT2D eigenvalue weighted by molar-refractivity contribution is -0.143. The molecule has 110 valence electrons. The average molecular weight is 275 g/mol. The first-order chi connectivity index (χ1) is 9.47. The van der Waals surface area contributed by atoms with Gasteiger partial charge in [-0.3, -0.25) is 4.79 Å². The number of rotatable bonds is 4. The number of nitrogens with one attached hydrogen (secondary N) is 1. The fourth-order valence-electron chi connectivity index (χ4n) is 5.40. The Morgan fingerprint density at radius 2 is 1.80 bits per heavy atom. The summed E-state index contributed by atoms with van der Waals surface area (Å²) in [7, 11) is 0. The summed E-state index contributed by atoms with van der Waals surface area (Å²) in [4.78, 5) is 12.5. The van der Waals surface area contributed by atoms with Gasteiger partial charge in [0.2, 0.25) is 5.91 Å². The van der Waals surface area contributed by atoms with Crippen molar-refractivity contribution in [3.8, 4) is 6.07 Å². The van der Waals surface area contributed by atoms with Crippen LogP contribution >= 0.6 is 0 Å². The standard InChI is InChI=1S/C16H25N3O/c1-15(18,14(20)19-4-2-3-17)16-8-11-5-12(9-16)7-13(6-11)10-16/h11-13H,2,4-10,18H2,1H3,(H,19,20). The molecule has 4 saturated carbocycles. The van der Waals surface area contributed by atoms with Gasteiger partial charge >= 0.3 is 0 Å². The molecule has 4 heteroatoms. The van der Waals surface area contributed by atoms with Crippen LogP contribution in [-0.2, 0) is 4.79 Å². The molecule has 4 aliphatic rings. The van der Waals surface area contributed by atoms with E-state index in [1.54, 1.807) is 0 Å². The molecular formula is C16H25N3O. The van der Waals surface area contributed by atoms with E-state index >= 15 is 0 Å². The molecule has 1 atom stereocenters. The van der Waals surface area contributed by atoms with Crippen molar-refractivity contribution >= 4 is 5.91 Å². The van der Waals surface area contributed by atoms with Crippen molar-refractivity contribution in [2.75, 3.05) is 6.54 Å². The highest BCUT2D eigenvalue weighted by atomic mass is 16.2. The van der Waals surface area contributed by atoms with Gasteiger partial charge in [0.25, 0.3) is 0 Å². The highest BCUT2D eigenvalue weighted by Gasteiger charge is 2.59. The summed E-state index contributed by atoms with van der Waals surface area (Å²) < 4.78 is 0. The third-order valence-corrected chi connectivity index (χ3v) is 6.13. The summed E-state index contributed by atoms with van der Waals surface area (Å²) in [6, 6.07) is 2.05. The second-order valence-electron chi connectivity index (χ2n) is 7.56. The van der Waals surface area contributed by atoms with Crippen molar-refractivity contribution in [2.24, 2.45) is 28.9 Å². The predicted octanol–water partition coefficient (Wildman–Crippen LogP) is 1.95. The summed E-state index contributed by atoms with van der Waals surface area (Å²) in [6.07, 6.45) is 7.78. The minimum Gasteiger partial charge on any atom is -0.353 e. The molecule has 4 bridgehead atoms. The molecule has 0 aliphatic heterocycles. The molecule has 4 nitrogen and oxygen atoms in total. The van der Waals surface area contributed by atoms with Crippen LogP contribution in [0.5, 0.6) is 0 Å². The lowest BCUT2D eigenvalue weighted by atomic mass is 9.45. The van der Waals surface area contributed by atoms with Gasteiger partial charge in [-0.25, -0.2) is 0 Å². The Hall–Kier alpha value is -1.08. The number of hydrogen-bond donors (Lipinski definition) is 2. The number of amides is 1. The molecule has 1 unspecified atom stereocenters. The third-order valence-electron chi connectivity index (χ3n) is 6.13. The van der Waals surface area contributed by atoms with Gasteiger partial charge in [-0.2, -0.15) is 5.26 Å². The lowest BCUT2D eigenvalue weighted by Crippen LogP contribution is -2.67. The van der Waals surface area contributed by atoms with E-state index in [1.807, 2.05) is 6.92 Å². The fourth-order valence-corrected chi connectivity index (χ4v) is 5.40. The van der Waals surface area contributed by atoms with E-state index in [4.69, 9.17) is 11.0 Å². The number of carbonyl (C=O) groups excluding carboxylic acids is 1. The van der Waals surface area contributed by atoms with Crippen molar-refractivity contribution < 1.29 is 4.79 Å². The predicted molar refractivity (Wildman–Crippen MR) is 76.4 cm³/mol. The Bertz CT molecular complexity index is 414. The smallest absolute Gasteiger partial charge is 0.240 e. The minimum atomic E-state index is -0.793. The zero-order valence-corrected chi connectivity index (χ0v) is 12.3. The van der Waals surface area contributed by atoms with Gasteiger partial charge in [0.1, 0.15) is 0 Å². The molecule has 3 N–H and O–H groups in total. The zero-order valence-electron chi connectivity index (χ0n) is 12.3. The summed E-state index contributed by atoms with van der Waals surface area (Å²) in [6.45, 7) is 2.33. The van der Waals surface area contributed by atoms with Gasteiger partial charge in [0.05, 0.1) is 18.0 Å². The molecule has 1 amide bonds. The van der Waals surface area contributed by atoms with Crippen molar-refractivity contribution in [3.05, 3.63) is 0 Å². The summed E-state index contributed by atoms with van der Waals surface area (Å²) in [5, 5.41) is 11.4. The Morgan fingerprint density at radius 1 is 1.30 bits per heavy atom. The molecule has 0 spiro atoms. The van der Waals surface area contributed by atoms with Crippen LogP contribution < -0.4 is 11.1 Å². The quantitative estimate of drug-likeness (QED) is 0.770. The molecule has 20 heavy (non-hydrogen) atoms. The van der Waals surface area contributed by atoms with E-state index in [0.29, 0.717) is 13.0 Å². The van der Waals surface area contributed by atoms with Gasteiger partial charge in [0.15, 0.2) is 0 Å². The SMILES string of the molecule is CC(N)(C(=O)NCCC#N)C12CC3CC(CC(C3)C1)C2. The second-order valence-corrected chi connectivity index (χ2v) is 7.56. The second kappa shape index (κ2) is 4.73. The van der Waals surface area contributed by atoms with Crippen LogP contribution in [0.4, 0.5) is 0 Å². The fraction of sp³-hybridized carbons (Fsp3) is 0.875. The molecule has 4 aliphatic carbocycles. The van der Waals surface area contributed by atoms with E-state index in [1.165, 1.54) is 19.3 Å². The van der Waals surface area contributed by atoms with Crippen LogP contribution in [0, 0.1) is 34.5 Å². The normalized spacial score (nSPS) is 41.0. The van der Waals surface area contributed by atoms with Gasteiger partial charge in [-0.05, 0) is 68.6 Å². The van der Waals surface area contributed by atoms with E-state index < -0.39 is 5.54 Å². The van der Waals surface area contributed by atoms with Crippen LogP contribution in [-0.4, -0.2) is 18.0 Å². The van der Waals surface area contributed by atoms with Crippen LogP contribution in [0.25, 0.3) is 0 Å². The summed E-state index contributed by atoms with van der Waals surface area (Å²) in [5.41, 5.74) is 5.75. The molecule has 4 fully saturated rings.